The number of rotatable bonds is 14. The molecule has 0 spiro atoms. The SMILES string of the molecule is CCCCOC[C@H](O)CN(CCC)Cc1c(C)nn(-c2ccc(F)cc2)c1Oc1ccc(F)cc1. The summed E-state index contributed by atoms with van der Waals surface area (Å²) in [7, 11) is 0. The van der Waals surface area contributed by atoms with Crippen molar-refractivity contribution >= 4 is 0 Å². The maximum absolute atomic E-state index is 13.5. The van der Waals surface area contributed by atoms with Crippen LogP contribution < -0.4 is 4.74 Å². The van der Waals surface area contributed by atoms with Crippen LogP contribution in [0.4, 0.5) is 8.78 Å². The summed E-state index contributed by atoms with van der Waals surface area (Å²) in [6.45, 7) is 8.70. The highest BCUT2D eigenvalue weighted by atomic mass is 19.1. The highest BCUT2D eigenvalue weighted by molar-refractivity contribution is 5.43. The first-order chi connectivity index (χ1) is 16.9. The highest BCUT2D eigenvalue weighted by Gasteiger charge is 2.22. The Balaban J connectivity index is 1.88. The molecule has 0 aliphatic heterocycles. The molecule has 0 fully saturated rings. The maximum atomic E-state index is 13.5. The van der Waals surface area contributed by atoms with Crippen molar-refractivity contribution in [2.45, 2.75) is 52.7 Å². The molecule has 1 atom stereocenters. The molecule has 1 aromatic heterocycles. The summed E-state index contributed by atoms with van der Waals surface area (Å²) >= 11 is 0. The van der Waals surface area contributed by atoms with Crippen LogP contribution in [0.3, 0.4) is 0 Å². The van der Waals surface area contributed by atoms with Gasteiger partial charge in [-0.2, -0.15) is 5.10 Å². The molecule has 35 heavy (non-hydrogen) atoms. The smallest absolute Gasteiger partial charge is 0.227 e. The molecular weight excluding hydrogens is 452 g/mol. The van der Waals surface area contributed by atoms with Gasteiger partial charge in [-0.1, -0.05) is 20.3 Å². The molecule has 2 aromatic carbocycles. The van der Waals surface area contributed by atoms with Crippen LogP contribution in [0.2, 0.25) is 0 Å². The lowest BCUT2D eigenvalue weighted by Crippen LogP contribution is -2.35. The third kappa shape index (κ3) is 7.85. The molecule has 0 radical (unpaired) electrons. The number of ether oxygens (including phenoxy) is 2. The second-order valence-electron chi connectivity index (χ2n) is 8.63. The van der Waals surface area contributed by atoms with E-state index in [0.29, 0.717) is 37.0 Å². The third-order valence-electron chi connectivity index (χ3n) is 5.58. The van der Waals surface area contributed by atoms with Gasteiger partial charge < -0.3 is 14.6 Å². The number of hydrogen-bond donors (Lipinski definition) is 1. The third-order valence-corrected chi connectivity index (χ3v) is 5.58. The molecule has 6 nitrogen and oxygen atoms in total. The second kappa shape index (κ2) is 13.3. The van der Waals surface area contributed by atoms with E-state index in [9.17, 15) is 13.9 Å². The summed E-state index contributed by atoms with van der Waals surface area (Å²) in [5, 5.41) is 15.2. The molecule has 8 heteroatoms. The van der Waals surface area contributed by atoms with Crippen LogP contribution in [0.5, 0.6) is 11.6 Å². The summed E-state index contributed by atoms with van der Waals surface area (Å²) in [6, 6.07) is 11.8. The van der Waals surface area contributed by atoms with E-state index in [-0.39, 0.29) is 18.2 Å². The lowest BCUT2D eigenvalue weighted by Gasteiger charge is -2.25. The van der Waals surface area contributed by atoms with Crippen molar-refractivity contribution in [2.75, 3.05) is 26.3 Å². The fourth-order valence-corrected chi connectivity index (χ4v) is 3.79. The Morgan fingerprint density at radius 2 is 1.66 bits per heavy atom. The molecule has 0 amide bonds. The van der Waals surface area contributed by atoms with Crippen molar-refractivity contribution in [3.63, 3.8) is 0 Å². The van der Waals surface area contributed by atoms with Gasteiger partial charge in [0.1, 0.15) is 17.4 Å². The van der Waals surface area contributed by atoms with Gasteiger partial charge in [-0.05, 0) is 74.8 Å². The van der Waals surface area contributed by atoms with Crippen LogP contribution in [0.15, 0.2) is 48.5 Å². The number of aliphatic hydroxyl groups is 1. The Hall–Kier alpha value is -2.81. The molecule has 0 bridgehead atoms. The summed E-state index contributed by atoms with van der Waals surface area (Å²) in [6.07, 6.45) is 2.30. The predicted molar refractivity (Wildman–Crippen MR) is 132 cm³/mol. The van der Waals surface area contributed by atoms with Crippen molar-refractivity contribution in [2.24, 2.45) is 0 Å². The lowest BCUT2D eigenvalue weighted by molar-refractivity contribution is 0.0143. The van der Waals surface area contributed by atoms with Gasteiger partial charge in [0, 0.05) is 19.7 Å². The Kier molecular flexibility index (Phi) is 10.2. The Morgan fingerprint density at radius 1 is 1.00 bits per heavy atom. The molecular formula is C27H35F2N3O3. The average molecular weight is 488 g/mol. The van der Waals surface area contributed by atoms with Crippen molar-refractivity contribution in [1.82, 2.24) is 14.7 Å². The van der Waals surface area contributed by atoms with Crippen LogP contribution in [0, 0.1) is 18.6 Å². The number of aromatic nitrogens is 2. The number of aliphatic hydroxyl groups excluding tert-OH is 1. The highest BCUT2D eigenvalue weighted by Crippen LogP contribution is 2.32. The molecule has 0 saturated heterocycles. The van der Waals surface area contributed by atoms with Crippen LogP contribution in [-0.4, -0.2) is 52.2 Å². The van der Waals surface area contributed by atoms with Crippen molar-refractivity contribution in [1.29, 1.82) is 0 Å². The van der Waals surface area contributed by atoms with Crippen LogP contribution in [0.1, 0.15) is 44.4 Å². The van der Waals surface area contributed by atoms with Gasteiger partial charge in [0.15, 0.2) is 0 Å². The first-order valence-electron chi connectivity index (χ1n) is 12.2. The average Bonchev–Trinajstić information content (AvgIpc) is 3.13. The van der Waals surface area contributed by atoms with Gasteiger partial charge >= 0.3 is 0 Å². The molecule has 0 aliphatic carbocycles. The Morgan fingerprint density at radius 3 is 2.29 bits per heavy atom. The van der Waals surface area contributed by atoms with E-state index in [1.54, 1.807) is 28.9 Å². The van der Waals surface area contributed by atoms with Gasteiger partial charge in [-0.15, -0.1) is 0 Å². The number of aryl methyl sites for hydroxylation is 1. The molecule has 0 unspecified atom stereocenters. The minimum absolute atomic E-state index is 0.285. The van der Waals surface area contributed by atoms with Crippen LogP contribution in [0.25, 0.3) is 5.69 Å². The van der Waals surface area contributed by atoms with Crippen molar-refractivity contribution in [3.8, 4) is 17.3 Å². The Labute approximate surface area is 206 Å². The van der Waals surface area contributed by atoms with Gasteiger partial charge in [0.2, 0.25) is 5.88 Å². The molecule has 1 N–H and O–H groups in total. The first-order valence-corrected chi connectivity index (χ1v) is 12.2. The molecule has 1 heterocycles. The van der Waals surface area contributed by atoms with E-state index in [0.717, 1.165) is 37.1 Å². The fraction of sp³-hybridized carbons (Fsp3) is 0.444. The van der Waals surface area contributed by atoms with Gasteiger partial charge in [-0.25, -0.2) is 13.5 Å². The van der Waals surface area contributed by atoms with Crippen molar-refractivity contribution < 1.29 is 23.4 Å². The predicted octanol–water partition coefficient (Wildman–Crippen LogP) is 5.64. The summed E-state index contributed by atoms with van der Waals surface area (Å²) in [4.78, 5) is 2.14. The fourth-order valence-electron chi connectivity index (χ4n) is 3.79. The van der Waals surface area contributed by atoms with Crippen LogP contribution in [-0.2, 0) is 11.3 Å². The number of hydrogen-bond acceptors (Lipinski definition) is 5. The van der Waals surface area contributed by atoms with E-state index in [2.05, 4.69) is 23.8 Å². The summed E-state index contributed by atoms with van der Waals surface area (Å²) in [5.41, 5.74) is 2.23. The lowest BCUT2D eigenvalue weighted by atomic mass is 10.2. The normalized spacial score (nSPS) is 12.3. The quantitative estimate of drug-likeness (QED) is 0.298. The summed E-state index contributed by atoms with van der Waals surface area (Å²) < 4.78 is 40.4. The zero-order valence-corrected chi connectivity index (χ0v) is 20.7. The minimum Gasteiger partial charge on any atom is -0.439 e. The Bertz CT molecular complexity index is 1040. The van der Waals surface area contributed by atoms with Crippen molar-refractivity contribution in [3.05, 3.63) is 71.4 Å². The first kappa shape index (κ1) is 26.8. The zero-order chi connectivity index (χ0) is 25.2. The topological polar surface area (TPSA) is 59.8 Å². The molecule has 3 aromatic rings. The number of benzene rings is 2. The summed E-state index contributed by atoms with van der Waals surface area (Å²) in [5.74, 6) is 0.228. The standard InChI is InChI=1S/C27H35F2N3O3/c1-4-6-16-34-19-24(33)17-31(15-5-2)18-26-20(3)30-32(23-11-7-21(28)8-12-23)27(26)35-25-13-9-22(29)10-14-25/h7-14,24,33H,4-6,15-19H2,1-3H3/t24-/m1/s1. The maximum Gasteiger partial charge on any atom is 0.227 e. The van der Waals surface area contributed by atoms with Gasteiger partial charge in [0.25, 0.3) is 0 Å². The monoisotopic (exact) mass is 487 g/mol. The molecule has 3 rings (SSSR count). The minimum atomic E-state index is -0.618. The number of halogens is 2. The van der Waals surface area contributed by atoms with E-state index in [1.807, 2.05) is 6.92 Å². The van der Waals surface area contributed by atoms with E-state index in [4.69, 9.17) is 9.47 Å². The molecule has 190 valence electrons. The number of nitrogens with zero attached hydrogens (tertiary/aromatic N) is 3. The van der Waals surface area contributed by atoms with Crippen LogP contribution >= 0.6 is 0 Å². The molecule has 0 saturated carbocycles. The number of unbranched alkanes of at least 4 members (excludes halogenated alkanes) is 1. The van der Waals surface area contributed by atoms with Gasteiger partial charge in [-0.3, -0.25) is 4.90 Å². The van der Waals surface area contributed by atoms with Gasteiger partial charge in [0.05, 0.1) is 29.7 Å². The van der Waals surface area contributed by atoms with E-state index in [1.165, 1.54) is 24.3 Å². The molecule has 0 aliphatic rings. The van der Waals surface area contributed by atoms with E-state index < -0.39 is 6.10 Å². The zero-order valence-electron chi connectivity index (χ0n) is 20.7. The second-order valence-corrected chi connectivity index (χ2v) is 8.63. The largest absolute Gasteiger partial charge is 0.439 e. The van der Waals surface area contributed by atoms with E-state index >= 15 is 0 Å².